The minimum atomic E-state index is 0.665. The Labute approximate surface area is 339 Å². The first-order valence-corrected chi connectivity index (χ1v) is 19.9. The Hall–Kier alpha value is -7.95. The van der Waals surface area contributed by atoms with Gasteiger partial charge in [-0.3, -0.25) is 0 Å². The van der Waals surface area contributed by atoms with E-state index in [4.69, 9.17) is 19.4 Å². The Morgan fingerprint density at radius 1 is 0.305 bits per heavy atom. The molecular formula is C55H33N3O. The summed E-state index contributed by atoms with van der Waals surface area (Å²) >= 11 is 0. The Morgan fingerprint density at radius 2 is 0.780 bits per heavy atom. The van der Waals surface area contributed by atoms with E-state index in [0.29, 0.717) is 5.82 Å². The summed E-state index contributed by atoms with van der Waals surface area (Å²) in [5.74, 6) is 0.665. The Kier molecular flexibility index (Phi) is 7.50. The van der Waals surface area contributed by atoms with Crippen molar-refractivity contribution in [2.45, 2.75) is 0 Å². The summed E-state index contributed by atoms with van der Waals surface area (Å²) in [7, 11) is 0. The maximum absolute atomic E-state index is 6.64. The highest BCUT2D eigenvalue weighted by atomic mass is 16.3. The van der Waals surface area contributed by atoms with Crippen LogP contribution in [0.4, 0.5) is 0 Å². The van der Waals surface area contributed by atoms with Crippen LogP contribution in [0, 0.1) is 0 Å². The summed E-state index contributed by atoms with van der Waals surface area (Å²) in [5.41, 5.74) is 11.3. The van der Waals surface area contributed by atoms with Crippen molar-refractivity contribution in [2.75, 3.05) is 0 Å². The third kappa shape index (κ3) is 5.49. The second kappa shape index (κ2) is 13.3. The molecule has 3 heterocycles. The molecule has 0 unspecified atom stereocenters. The molecule has 0 fully saturated rings. The Balaban J connectivity index is 1.01. The fourth-order valence-corrected chi connectivity index (χ4v) is 8.82. The smallest absolute Gasteiger partial charge is 0.162 e. The second-order valence-electron chi connectivity index (χ2n) is 15.1. The van der Waals surface area contributed by atoms with E-state index in [1.165, 1.54) is 32.3 Å². The van der Waals surface area contributed by atoms with Gasteiger partial charge in [0.15, 0.2) is 11.4 Å². The van der Waals surface area contributed by atoms with Gasteiger partial charge in [-0.25, -0.2) is 15.0 Å². The molecule has 9 aromatic carbocycles. The van der Waals surface area contributed by atoms with Gasteiger partial charge in [0.05, 0.1) is 16.9 Å². The van der Waals surface area contributed by atoms with E-state index in [2.05, 4.69) is 152 Å². The molecule has 4 nitrogen and oxygen atoms in total. The molecule has 4 heteroatoms. The maximum atomic E-state index is 6.64. The lowest BCUT2D eigenvalue weighted by atomic mass is 9.92. The monoisotopic (exact) mass is 751 g/mol. The molecule has 0 N–H and O–H groups in total. The number of nitrogens with zero attached hydrogens (tertiary/aromatic N) is 3. The molecule has 0 aliphatic carbocycles. The molecule has 0 saturated carbocycles. The molecule has 12 aromatic rings. The number of benzene rings is 9. The van der Waals surface area contributed by atoms with E-state index in [1.807, 2.05) is 48.5 Å². The van der Waals surface area contributed by atoms with Crippen LogP contribution >= 0.6 is 0 Å². The number of hydrogen-bond acceptors (Lipinski definition) is 4. The Bertz CT molecular complexity index is 3500. The van der Waals surface area contributed by atoms with E-state index in [1.54, 1.807) is 0 Å². The molecule has 0 aliphatic rings. The van der Waals surface area contributed by atoms with Gasteiger partial charge in [-0.15, -0.1) is 0 Å². The van der Waals surface area contributed by atoms with Crippen molar-refractivity contribution >= 4 is 65.2 Å². The van der Waals surface area contributed by atoms with Gasteiger partial charge in [-0.05, 0) is 67.7 Å². The van der Waals surface area contributed by atoms with Crippen molar-refractivity contribution in [3.8, 4) is 56.3 Å². The van der Waals surface area contributed by atoms with Crippen LogP contribution in [0.25, 0.3) is 121 Å². The van der Waals surface area contributed by atoms with E-state index in [-0.39, 0.29) is 0 Å². The highest BCUT2D eigenvalue weighted by Gasteiger charge is 2.19. The molecule has 3 aromatic heterocycles. The van der Waals surface area contributed by atoms with Gasteiger partial charge in [-0.1, -0.05) is 176 Å². The first kappa shape index (κ1) is 33.2. The molecule has 0 amide bonds. The molecule has 59 heavy (non-hydrogen) atoms. The number of para-hydroxylation sites is 1. The third-order valence-electron chi connectivity index (χ3n) is 11.7. The zero-order valence-electron chi connectivity index (χ0n) is 31.8. The highest BCUT2D eigenvalue weighted by Crippen LogP contribution is 2.42. The van der Waals surface area contributed by atoms with E-state index >= 15 is 0 Å². The lowest BCUT2D eigenvalue weighted by Crippen LogP contribution is -1.96. The minimum absolute atomic E-state index is 0.665. The van der Waals surface area contributed by atoms with Crippen molar-refractivity contribution in [1.82, 2.24) is 15.0 Å². The van der Waals surface area contributed by atoms with Gasteiger partial charge < -0.3 is 4.42 Å². The van der Waals surface area contributed by atoms with Crippen LogP contribution in [0.3, 0.4) is 0 Å². The number of fused-ring (bicyclic) bond motifs is 11. The zero-order valence-corrected chi connectivity index (χ0v) is 31.8. The average Bonchev–Trinajstić information content (AvgIpc) is 3.72. The summed E-state index contributed by atoms with van der Waals surface area (Å²) in [4.78, 5) is 15.5. The van der Waals surface area contributed by atoms with Crippen LogP contribution in [0.2, 0.25) is 0 Å². The van der Waals surface area contributed by atoms with Crippen molar-refractivity contribution in [3.05, 3.63) is 200 Å². The van der Waals surface area contributed by atoms with Crippen molar-refractivity contribution < 1.29 is 4.42 Å². The second-order valence-corrected chi connectivity index (χ2v) is 15.1. The lowest BCUT2D eigenvalue weighted by Gasteiger charge is -2.13. The van der Waals surface area contributed by atoms with Crippen LogP contribution in [0.15, 0.2) is 205 Å². The number of hydrogen-bond donors (Lipinski definition) is 0. The maximum Gasteiger partial charge on any atom is 0.162 e. The standard InChI is InChI=1S/C55H33N3O/c1-3-13-34(14-4-1)48-33-49(35-15-5-2-6-16-35)58-55(57-48)37-25-23-36(24-26-37)53-54-52(46-21-11-12-22-51(46)59-54)45-30-28-39(32-50(45)56-53)38-27-29-44-42-19-8-7-17-40(42)41-18-9-10-20-43(41)47(44)31-38/h1-33H. The summed E-state index contributed by atoms with van der Waals surface area (Å²) in [6, 6.07) is 70.3. The third-order valence-corrected chi connectivity index (χ3v) is 11.7. The van der Waals surface area contributed by atoms with Crippen LogP contribution in [0.1, 0.15) is 0 Å². The number of rotatable bonds is 5. The van der Waals surface area contributed by atoms with Crippen LogP contribution in [-0.4, -0.2) is 15.0 Å². The Morgan fingerprint density at radius 3 is 1.41 bits per heavy atom. The first-order valence-electron chi connectivity index (χ1n) is 19.9. The molecule has 0 atom stereocenters. The molecule has 0 radical (unpaired) electrons. The van der Waals surface area contributed by atoms with Gasteiger partial charge >= 0.3 is 0 Å². The van der Waals surface area contributed by atoms with Gasteiger partial charge in [0, 0.05) is 38.4 Å². The van der Waals surface area contributed by atoms with Crippen molar-refractivity contribution in [3.63, 3.8) is 0 Å². The molecule has 0 spiro atoms. The summed E-state index contributed by atoms with van der Waals surface area (Å²) < 4.78 is 6.64. The zero-order chi connectivity index (χ0) is 38.9. The largest absolute Gasteiger partial charge is 0.454 e. The fourth-order valence-electron chi connectivity index (χ4n) is 8.82. The van der Waals surface area contributed by atoms with E-state index in [0.717, 1.165) is 83.3 Å². The topological polar surface area (TPSA) is 51.8 Å². The molecule has 12 rings (SSSR count). The van der Waals surface area contributed by atoms with Crippen LogP contribution in [-0.2, 0) is 0 Å². The molecule has 0 saturated heterocycles. The normalized spacial score (nSPS) is 11.7. The minimum Gasteiger partial charge on any atom is -0.454 e. The number of aromatic nitrogens is 3. The predicted molar refractivity (Wildman–Crippen MR) is 244 cm³/mol. The predicted octanol–water partition coefficient (Wildman–Crippen LogP) is 14.7. The molecular weight excluding hydrogens is 719 g/mol. The quantitative estimate of drug-likeness (QED) is 0.164. The molecule has 0 bridgehead atoms. The summed E-state index contributed by atoms with van der Waals surface area (Å²) in [6.07, 6.45) is 0. The van der Waals surface area contributed by atoms with Crippen molar-refractivity contribution in [1.29, 1.82) is 0 Å². The lowest BCUT2D eigenvalue weighted by molar-refractivity contribution is 0.669. The average molecular weight is 752 g/mol. The van der Waals surface area contributed by atoms with E-state index < -0.39 is 0 Å². The van der Waals surface area contributed by atoms with Gasteiger partial charge in [-0.2, -0.15) is 0 Å². The fraction of sp³-hybridized carbons (Fsp3) is 0. The SMILES string of the molecule is c1ccc(-c2cc(-c3ccccc3)nc(-c3ccc(-c4nc5cc(-c6ccc7c8ccccc8c8ccccc8c7c6)ccc5c5c4oc4ccccc45)cc3)n2)cc1. The summed E-state index contributed by atoms with van der Waals surface area (Å²) in [5, 5.41) is 10.8. The molecule has 274 valence electrons. The highest BCUT2D eigenvalue weighted by molar-refractivity contribution is 6.26. The van der Waals surface area contributed by atoms with Gasteiger partial charge in [0.2, 0.25) is 0 Å². The van der Waals surface area contributed by atoms with E-state index in [9.17, 15) is 0 Å². The van der Waals surface area contributed by atoms with Gasteiger partial charge in [0.1, 0.15) is 11.3 Å². The summed E-state index contributed by atoms with van der Waals surface area (Å²) in [6.45, 7) is 0. The van der Waals surface area contributed by atoms with Crippen LogP contribution in [0.5, 0.6) is 0 Å². The first-order chi connectivity index (χ1) is 29.2. The van der Waals surface area contributed by atoms with Crippen LogP contribution < -0.4 is 0 Å². The van der Waals surface area contributed by atoms with Gasteiger partial charge in [0.25, 0.3) is 0 Å². The molecule has 0 aliphatic heterocycles. The number of furan rings is 1. The number of pyridine rings is 1. The van der Waals surface area contributed by atoms with Crippen molar-refractivity contribution in [2.24, 2.45) is 0 Å².